The largest absolute Gasteiger partial charge is 0.379 e. The van der Waals surface area contributed by atoms with E-state index in [0.717, 1.165) is 37.8 Å². The summed E-state index contributed by atoms with van der Waals surface area (Å²) in [6.45, 7) is 4.60. The monoisotopic (exact) mass is 431 g/mol. The van der Waals surface area contributed by atoms with Gasteiger partial charge in [-0.15, -0.1) is 14.8 Å². The van der Waals surface area contributed by atoms with Gasteiger partial charge in [-0.2, -0.15) is 4.31 Å². The molecule has 2 fully saturated rings. The third kappa shape index (κ3) is 3.55. The Morgan fingerprint density at radius 1 is 0.867 bits per heavy atom. The van der Waals surface area contributed by atoms with Gasteiger partial charge in [-0.25, -0.2) is 13.4 Å². The lowest BCUT2D eigenvalue weighted by Gasteiger charge is -2.35. The number of aromatic nitrogens is 6. The molecule has 0 saturated carbocycles. The molecular weight excluding hydrogens is 410 g/mol. The van der Waals surface area contributed by atoms with Crippen molar-refractivity contribution in [1.29, 1.82) is 0 Å². The van der Waals surface area contributed by atoms with Crippen molar-refractivity contribution in [3.05, 3.63) is 30.5 Å². The van der Waals surface area contributed by atoms with Crippen LogP contribution in [-0.2, 0) is 14.8 Å². The fourth-order valence-electron chi connectivity index (χ4n) is 3.62. The Hall–Kier alpha value is -2.90. The van der Waals surface area contributed by atoms with Crippen LogP contribution in [0, 0.1) is 0 Å². The molecule has 0 amide bonds. The van der Waals surface area contributed by atoms with Gasteiger partial charge in [0, 0.05) is 45.5 Å². The van der Waals surface area contributed by atoms with Crippen molar-refractivity contribution < 1.29 is 13.2 Å². The van der Waals surface area contributed by atoms with Gasteiger partial charge in [0.1, 0.15) is 10.7 Å². The number of morpholine rings is 1. The number of pyridine rings is 1. The summed E-state index contributed by atoms with van der Waals surface area (Å²) in [6, 6.07) is 7.15. The van der Waals surface area contributed by atoms with Crippen molar-refractivity contribution in [2.45, 2.75) is 4.90 Å². The average molecular weight is 431 g/mol. The first-order valence-electron chi connectivity index (χ1n) is 9.70. The van der Waals surface area contributed by atoms with E-state index in [1.54, 1.807) is 12.1 Å². The number of nitrogens with zero attached hydrogens (tertiary/aromatic N) is 9. The van der Waals surface area contributed by atoms with Crippen molar-refractivity contribution in [2.24, 2.45) is 0 Å². The number of hydrogen-bond acceptors (Lipinski definition) is 10. The van der Waals surface area contributed by atoms with Crippen LogP contribution in [0.3, 0.4) is 0 Å². The van der Waals surface area contributed by atoms with Crippen LogP contribution in [0.15, 0.2) is 35.4 Å². The number of hydrogen-bond donors (Lipinski definition) is 0. The van der Waals surface area contributed by atoms with E-state index >= 15 is 0 Å². The van der Waals surface area contributed by atoms with Gasteiger partial charge in [0.25, 0.3) is 0 Å². The van der Waals surface area contributed by atoms with E-state index in [-0.39, 0.29) is 4.90 Å². The Bertz CT molecular complexity index is 1120. The number of anilines is 2. The summed E-state index contributed by atoms with van der Waals surface area (Å²) in [5.74, 6) is 1.58. The summed E-state index contributed by atoms with van der Waals surface area (Å²) < 4.78 is 33.6. The van der Waals surface area contributed by atoms with Gasteiger partial charge >= 0.3 is 0 Å². The van der Waals surface area contributed by atoms with Crippen LogP contribution >= 0.6 is 0 Å². The fraction of sp³-hybridized carbons (Fsp3) is 0.471. The van der Waals surface area contributed by atoms with E-state index in [1.807, 2.05) is 12.1 Å². The minimum atomic E-state index is -3.53. The maximum absolute atomic E-state index is 12.7. The van der Waals surface area contributed by atoms with Gasteiger partial charge < -0.3 is 14.5 Å². The molecule has 0 spiro atoms. The standard InChI is InChI=1S/C17H21N9O3S/c27-30(28,25-9-11-29-12-10-25)14-1-2-15(18-13-14)23-5-7-24(8-6-23)17-4-3-16-19-21-22-26(16)20-17/h1-4,13H,5-12H2. The number of tetrazole rings is 1. The molecule has 0 N–H and O–H groups in total. The van der Waals surface area contributed by atoms with Crippen LogP contribution < -0.4 is 9.80 Å². The second kappa shape index (κ2) is 7.74. The second-order valence-corrected chi connectivity index (χ2v) is 9.00. The first kappa shape index (κ1) is 19.1. The Morgan fingerprint density at radius 2 is 1.57 bits per heavy atom. The number of piperazine rings is 1. The molecule has 30 heavy (non-hydrogen) atoms. The minimum absolute atomic E-state index is 0.214. The predicted octanol–water partition coefficient (Wildman–Crippen LogP) is -0.738. The summed E-state index contributed by atoms with van der Waals surface area (Å²) >= 11 is 0. The fourth-order valence-corrected chi connectivity index (χ4v) is 4.98. The molecule has 2 aliphatic heterocycles. The third-order valence-corrected chi connectivity index (χ3v) is 7.19. The average Bonchev–Trinajstić information content (AvgIpc) is 3.28. The summed E-state index contributed by atoms with van der Waals surface area (Å²) in [5, 5.41) is 15.7. The Kier molecular flexibility index (Phi) is 4.92. The number of fused-ring (bicyclic) bond motifs is 1. The summed E-state index contributed by atoms with van der Waals surface area (Å²) in [5.41, 5.74) is 0.605. The van der Waals surface area contributed by atoms with Crippen molar-refractivity contribution >= 4 is 27.3 Å². The first-order chi connectivity index (χ1) is 14.6. The molecular formula is C17H21N9O3S. The van der Waals surface area contributed by atoms with Crippen LogP contribution in [0.5, 0.6) is 0 Å². The highest BCUT2D eigenvalue weighted by Crippen LogP contribution is 2.21. The predicted molar refractivity (Wildman–Crippen MR) is 107 cm³/mol. The topological polar surface area (TPSA) is 122 Å². The SMILES string of the molecule is O=S(=O)(c1ccc(N2CCN(c3ccc4nnnn4n3)CC2)nc1)N1CCOCC1. The number of ether oxygens (including phenoxy) is 1. The molecule has 2 aliphatic rings. The lowest BCUT2D eigenvalue weighted by molar-refractivity contribution is 0.0730. The first-order valence-corrected chi connectivity index (χ1v) is 11.1. The smallest absolute Gasteiger partial charge is 0.244 e. The highest BCUT2D eigenvalue weighted by molar-refractivity contribution is 7.89. The molecule has 12 nitrogen and oxygen atoms in total. The highest BCUT2D eigenvalue weighted by atomic mass is 32.2. The van der Waals surface area contributed by atoms with Crippen molar-refractivity contribution in [1.82, 2.24) is 34.5 Å². The molecule has 3 aromatic heterocycles. The molecule has 13 heteroatoms. The molecule has 2 saturated heterocycles. The lowest BCUT2D eigenvalue weighted by Crippen LogP contribution is -2.47. The van der Waals surface area contributed by atoms with Gasteiger partial charge in [0.2, 0.25) is 10.0 Å². The van der Waals surface area contributed by atoms with Crippen molar-refractivity contribution in [3.63, 3.8) is 0 Å². The van der Waals surface area contributed by atoms with Gasteiger partial charge in [-0.05, 0) is 34.7 Å². The molecule has 158 valence electrons. The molecule has 0 unspecified atom stereocenters. The van der Waals surface area contributed by atoms with E-state index in [9.17, 15) is 8.42 Å². The van der Waals surface area contributed by atoms with Crippen LogP contribution in [0.2, 0.25) is 0 Å². The maximum atomic E-state index is 12.7. The zero-order chi connectivity index (χ0) is 20.6. The Morgan fingerprint density at radius 3 is 2.27 bits per heavy atom. The number of sulfonamides is 1. The third-order valence-electron chi connectivity index (χ3n) is 5.31. The zero-order valence-electron chi connectivity index (χ0n) is 16.2. The number of rotatable bonds is 4. The summed E-state index contributed by atoms with van der Waals surface area (Å²) in [7, 11) is -3.53. The second-order valence-electron chi connectivity index (χ2n) is 7.06. The normalized spacial score (nSPS) is 18.8. The van der Waals surface area contributed by atoms with Gasteiger partial charge in [0.05, 0.1) is 13.2 Å². The van der Waals surface area contributed by atoms with Crippen molar-refractivity contribution in [3.8, 4) is 0 Å². The Balaban J connectivity index is 1.25. The maximum Gasteiger partial charge on any atom is 0.244 e. The molecule has 0 atom stereocenters. The van der Waals surface area contributed by atoms with E-state index in [2.05, 4.69) is 35.4 Å². The van der Waals surface area contributed by atoms with Crippen LogP contribution in [-0.4, -0.2) is 95.4 Å². The minimum Gasteiger partial charge on any atom is -0.379 e. The quantitative estimate of drug-likeness (QED) is 0.522. The molecule has 3 aromatic rings. The van der Waals surface area contributed by atoms with E-state index in [4.69, 9.17) is 4.74 Å². The lowest BCUT2D eigenvalue weighted by atomic mass is 10.3. The van der Waals surface area contributed by atoms with Crippen LogP contribution in [0.1, 0.15) is 0 Å². The molecule has 0 aromatic carbocycles. The van der Waals surface area contributed by atoms with E-state index in [1.165, 1.54) is 15.1 Å². The van der Waals surface area contributed by atoms with Gasteiger partial charge in [0.15, 0.2) is 11.5 Å². The molecule has 0 bridgehead atoms. The van der Waals surface area contributed by atoms with Gasteiger partial charge in [-0.3, -0.25) is 0 Å². The van der Waals surface area contributed by atoms with E-state index < -0.39 is 10.0 Å². The van der Waals surface area contributed by atoms with Crippen LogP contribution in [0.25, 0.3) is 5.65 Å². The van der Waals surface area contributed by atoms with Crippen molar-refractivity contribution in [2.75, 3.05) is 62.3 Å². The molecule has 5 rings (SSSR count). The van der Waals surface area contributed by atoms with Gasteiger partial charge in [-0.1, -0.05) is 0 Å². The zero-order valence-corrected chi connectivity index (χ0v) is 17.0. The highest BCUT2D eigenvalue weighted by Gasteiger charge is 2.27. The van der Waals surface area contributed by atoms with E-state index in [0.29, 0.717) is 32.0 Å². The summed E-state index contributed by atoms with van der Waals surface area (Å²) in [6.07, 6.45) is 1.44. The molecule has 0 aliphatic carbocycles. The summed E-state index contributed by atoms with van der Waals surface area (Å²) in [4.78, 5) is 8.93. The Labute approximate surface area is 173 Å². The molecule has 0 radical (unpaired) electrons. The van der Waals surface area contributed by atoms with Crippen LogP contribution in [0.4, 0.5) is 11.6 Å². The molecule has 5 heterocycles.